The summed E-state index contributed by atoms with van der Waals surface area (Å²) in [5, 5.41) is 2.69. The number of hydrogen-bond acceptors (Lipinski definition) is 5. The lowest BCUT2D eigenvalue weighted by molar-refractivity contribution is -0.140. The van der Waals surface area contributed by atoms with E-state index >= 15 is 0 Å². The number of pyridine rings is 1. The smallest absolute Gasteiger partial charge is 0.410 e. The van der Waals surface area contributed by atoms with Gasteiger partial charge in [0.1, 0.15) is 36.9 Å². The Balaban J connectivity index is 1.05. The lowest BCUT2D eigenvalue weighted by Crippen LogP contribution is -2.52. The summed E-state index contributed by atoms with van der Waals surface area (Å²) in [4.78, 5) is 50.1. The van der Waals surface area contributed by atoms with Gasteiger partial charge in [-0.2, -0.15) is 0 Å². The second-order valence-electron chi connectivity index (χ2n) is 11.7. The highest BCUT2D eigenvalue weighted by atomic mass is 19.1. The zero-order valence-electron chi connectivity index (χ0n) is 24.0. The van der Waals surface area contributed by atoms with Gasteiger partial charge in [-0.3, -0.25) is 14.5 Å². The number of alkyl halides is 2. The maximum Gasteiger partial charge on any atom is 0.410 e. The minimum atomic E-state index is -1.46. The van der Waals surface area contributed by atoms with Gasteiger partial charge in [0.15, 0.2) is 0 Å². The highest BCUT2D eigenvalue weighted by molar-refractivity contribution is 5.99. The molecule has 0 radical (unpaired) electrons. The fourth-order valence-corrected chi connectivity index (χ4v) is 6.79. The normalized spacial score (nSPS) is 22.7. The average Bonchev–Trinajstić information content (AvgIpc) is 3.78. The predicted octanol–water partition coefficient (Wildman–Crippen LogP) is 5.11. The van der Waals surface area contributed by atoms with Crippen molar-refractivity contribution in [2.45, 2.75) is 50.1 Å². The third kappa shape index (κ3) is 4.95. The Morgan fingerprint density at radius 3 is 2.25 bits per heavy atom. The highest BCUT2D eigenvalue weighted by Gasteiger charge is 2.48. The molecule has 0 unspecified atom stereocenters. The number of likely N-dealkylation sites (tertiary alicyclic amines) is 2. The van der Waals surface area contributed by atoms with Gasteiger partial charge in [-0.1, -0.05) is 48.5 Å². The number of aryl methyl sites for hydroxylation is 1. The van der Waals surface area contributed by atoms with E-state index in [1.54, 1.807) is 12.1 Å². The number of H-pyrrole nitrogens is 1. The Morgan fingerprint density at radius 2 is 1.55 bits per heavy atom. The molecule has 7 rings (SSSR count). The minimum absolute atomic E-state index is 0.0144. The molecular formula is C33H31F2N5O4. The van der Waals surface area contributed by atoms with Crippen molar-refractivity contribution in [1.82, 2.24) is 19.8 Å². The number of amides is 3. The first-order valence-corrected chi connectivity index (χ1v) is 14.7. The molecule has 44 heavy (non-hydrogen) atoms. The van der Waals surface area contributed by atoms with Crippen LogP contribution < -0.4 is 5.32 Å². The van der Waals surface area contributed by atoms with Crippen molar-refractivity contribution >= 4 is 34.8 Å². The van der Waals surface area contributed by atoms with Crippen LogP contribution in [0.5, 0.6) is 0 Å². The van der Waals surface area contributed by atoms with Gasteiger partial charge in [0.05, 0.1) is 24.1 Å². The Morgan fingerprint density at radius 1 is 0.909 bits per heavy atom. The first-order valence-electron chi connectivity index (χ1n) is 14.7. The van der Waals surface area contributed by atoms with E-state index in [9.17, 15) is 23.2 Å². The number of nitrogens with one attached hydrogen (secondary N) is 2. The first kappa shape index (κ1) is 28.0. The van der Waals surface area contributed by atoms with Crippen molar-refractivity contribution in [3.05, 3.63) is 83.6 Å². The monoisotopic (exact) mass is 599 g/mol. The zero-order chi connectivity index (χ0) is 30.5. The fourth-order valence-electron chi connectivity index (χ4n) is 6.79. The van der Waals surface area contributed by atoms with Gasteiger partial charge in [-0.15, -0.1) is 0 Å². The van der Waals surface area contributed by atoms with Gasteiger partial charge in [0, 0.05) is 24.5 Å². The number of anilines is 1. The number of fused-ring (bicyclic) bond motifs is 4. The summed E-state index contributed by atoms with van der Waals surface area (Å²) in [5.74, 6) is -1.21. The van der Waals surface area contributed by atoms with Crippen LogP contribution in [0.15, 0.2) is 66.7 Å². The predicted molar refractivity (Wildman–Crippen MR) is 160 cm³/mol. The summed E-state index contributed by atoms with van der Waals surface area (Å²) in [6.45, 7) is 1.25. The van der Waals surface area contributed by atoms with E-state index in [1.807, 2.05) is 61.5 Å². The van der Waals surface area contributed by atoms with Crippen LogP contribution >= 0.6 is 0 Å². The van der Waals surface area contributed by atoms with Crippen LogP contribution in [-0.2, 0) is 14.3 Å². The number of rotatable bonds is 5. The molecule has 11 heteroatoms. The lowest BCUT2D eigenvalue weighted by atomic mass is 9.98. The second-order valence-corrected chi connectivity index (χ2v) is 11.7. The molecular weight excluding hydrogens is 568 g/mol. The summed E-state index contributed by atoms with van der Waals surface area (Å²) in [6.07, 6.45) is -4.18. The molecule has 1 aliphatic carbocycles. The maximum atomic E-state index is 14.7. The molecule has 0 bridgehead atoms. The number of aromatic nitrogens is 2. The molecule has 2 saturated heterocycles. The van der Waals surface area contributed by atoms with Gasteiger partial charge < -0.3 is 19.9 Å². The molecule has 4 aromatic rings. The molecule has 2 aliphatic heterocycles. The molecule has 3 aliphatic rings. The van der Waals surface area contributed by atoms with Gasteiger partial charge in [0.2, 0.25) is 11.8 Å². The van der Waals surface area contributed by atoms with Crippen molar-refractivity contribution in [1.29, 1.82) is 0 Å². The first-order chi connectivity index (χ1) is 21.3. The summed E-state index contributed by atoms with van der Waals surface area (Å²) >= 11 is 0. The van der Waals surface area contributed by atoms with Crippen molar-refractivity contribution in [2.24, 2.45) is 0 Å². The minimum Gasteiger partial charge on any atom is -0.448 e. The van der Waals surface area contributed by atoms with Gasteiger partial charge in [-0.05, 0) is 47.4 Å². The molecule has 4 heterocycles. The Kier molecular flexibility index (Phi) is 7.02. The molecule has 0 spiro atoms. The van der Waals surface area contributed by atoms with E-state index in [0.29, 0.717) is 5.52 Å². The highest BCUT2D eigenvalue weighted by Crippen LogP contribution is 2.44. The van der Waals surface area contributed by atoms with Crippen molar-refractivity contribution < 1.29 is 27.9 Å². The van der Waals surface area contributed by atoms with E-state index in [-0.39, 0.29) is 44.3 Å². The largest absolute Gasteiger partial charge is 0.448 e. The van der Waals surface area contributed by atoms with E-state index in [0.717, 1.165) is 43.3 Å². The Hall–Kier alpha value is -4.80. The zero-order valence-corrected chi connectivity index (χ0v) is 24.0. The quantitative estimate of drug-likeness (QED) is 0.332. The molecule has 2 fully saturated rings. The second kappa shape index (κ2) is 11.0. The van der Waals surface area contributed by atoms with Crippen LogP contribution in [0.25, 0.3) is 22.2 Å². The fraction of sp³-hybridized carbons (Fsp3) is 0.333. The van der Waals surface area contributed by atoms with Crippen LogP contribution in [0.2, 0.25) is 0 Å². The molecule has 3 amide bonds. The Bertz CT molecular complexity index is 1730. The summed E-state index contributed by atoms with van der Waals surface area (Å²) < 4.78 is 35.1. The van der Waals surface area contributed by atoms with Crippen molar-refractivity contribution in [2.75, 3.05) is 25.0 Å². The molecule has 2 N–H and O–H groups in total. The lowest BCUT2D eigenvalue weighted by Gasteiger charge is -2.30. The number of carbonyl (C=O) groups excluding carboxylic acids is 3. The van der Waals surface area contributed by atoms with E-state index < -0.39 is 42.3 Å². The third-order valence-corrected chi connectivity index (χ3v) is 8.80. The van der Waals surface area contributed by atoms with Crippen molar-refractivity contribution in [3.8, 4) is 11.1 Å². The molecule has 226 valence electrons. The number of nitrogens with zero attached hydrogens (tertiary/aromatic N) is 3. The topological polar surface area (TPSA) is 108 Å². The standard InChI is InChI=1S/C33H31F2N5O4/c1-18-12-27-26(36-18)10-11-30(37-27)38-31(41)28-13-19(34)15-39(28)32(42)29-14-20(35)16-40(29)33(43)44-17-25-23-8-4-2-6-21(23)22-7-3-5-9-24(22)25/h2-12,19-20,25,28-29,36H,13-17H2,1H3,(H,37,38,41)/t19-,20-,28-,29-/m1/s1. The van der Waals surface area contributed by atoms with E-state index in [1.165, 1.54) is 0 Å². The summed E-state index contributed by atoms with van der Waals surface area (Å²) in [6, 6.07) is 18.7. The molecule has 2 aromatic heterocycles. The number of benzene rings is 2. The SMILES string of the molecule is Cc1cc2nc(NC(=O)[C@H]3C[C@@H](F)CN3C(=O)[C@H]3C[C@@H](F)CN3C(=O)OCC3c4ccccc4-c4ccccc43)ccc2[nH]1. The number of ether oxygens (including phenoxy) is 1. The van der Waals surface area contributed by atoms with Crippen LogP contribution in [-0.4, -0.2) is 81.8 Å². The third-order valence-electron chi connectivity index (χ3n) is 8.80. The Labute approximate surface area is 252 Å². The van der Waals surface area contributed by atoms with Crippen LogP contribution in [0.1, 0.15) is 35.6 Å². The summed E-state index contributed by atoms with van der Waals surface area (Å²) in [7, 11) is 0. The van der Waals surface area contributed by atoms with Crippen LogP contribution in [0.3, 0.4) is 0 Å². The van der Waals surface area contributed by atoms with Crippen LogP contribution in [0.4, 0.5) is 19.4 Å². The summed E-state index contributed by atoms with van der Waals surface area (Å²) in [5.41, 5.74) is 6.56. The average molecular weight is 600 g/mol. The molecule has 2 aromatic carbocycles. The molecule has 0 saturated carbocycles. The number of hydrogen-bond donors (Lipinski definition) is 2. The van der Waals surface area contributed by atoms with Crippen molar-refractivity contribution in [3.63, 3.8) is 0 Å². The van der Waals surface area contributed by atoms with Crippen LogP contribution in [0, 0.1) is 6.92 Å². The van der Waals surface area contributed by atoms with E-state index in [4.69, 9.17) is 4.74 Å². The molecule has 4 atom stereocenters. The number of carbonyl (C=O) groups is 3. The number of aromatic amines is 1. The van der Waals surface area contributed by atoms with E-state index in [2.05, 4.69) is 15.3 Å². The maximum absolute atomic E-state index is 14.7. The molecule has 9 nitrogen and oxygen atoms in total. The number of halogens is 2. The van der Waals surface area contributed by atoms with Gasteiger partial charge in [0.25, 0.3) is 0 Å². The van der Waals surface area contributed by atoms with Gasteiger partial charge >= 0.3 is 6.09 Å². The van der Waals surface area contributed by atoms with Gasteiger partial charge in [-0.25, -0.2) is 18.6 Å².